The maximum atomic E-state index is 11.9. The van der Waals surface area contributed by atoms with Gasteiger partial charge in [0.15, 0.2) is 0 Å². The normalized spacial score (nSPS) is 19.1. The van der Waals surface area contributed by atoms with Crippen LogP contribution in [0.15, 0.2) is 24.3 Å². The number of nitrogens with one attached hydrogen (secondary N) is 2. The molecule has 2 rings (SSSR count). The minimum atomic E-state index is 0.137. The van der Waals surface area contributed by atoms with Gasteiger partial charge in [-0.3, -0.25) is 4.79 Å². The van der Waals surface area contributed by atoms with Gasteiger partial charge in [-0.25, -0.2) is 0 Å². The number of carbonyl (C=O) groups is 1. The fraction of sp³-hybridized carbons (Fsp3) is 0.562. The summed E-state index contributed by atoms with van der Waals surface area (Å²) in [5.74, 6) is 0.866. The molecule has 3 nitrogen and oxygen atoms in total. The second-order valence-corrected chi connectivity index (χ2v) is 5.45. The van der Waals surface area contributed by atoms with Crippen molar-refractivity contribution >= 4 is 5.91 Å². The Bertz CT molecular complexity index is 411. The largest absolute Gasteiger partial charge is 0.356 e. The predicted octanol–water partition coefficient (Wildman–Crippen LogP) is 2.04. The van der Waals surface area contributed by atoms with Crippen molar-refractivity contribution in [3.63, 3.8) is 0 Å². The van der Waals surface area contributed by atoms with Crippen LogP contribution >= 0.6 is 0 Å². The minimum Gasteiger partial charge on any atom is -0.356 e. The lowest BCUT2D eigenvalue weighted by Gasteiger charge is -2.22. The molecule has 0 bridgehead atoms. The fourth-order valence-electron chi connectivity index (χ4n) is 2.63. The van der Waals surface area contributed by atoms with Crippen molar-refractivity contribution in [2.45, 2.75) is 32.6 Å². The fourth-order valence-corrected chi connectivity index (χ4v) is 2.63. The van der Waals surface area contributed by atoms with E-state index in [1.807, 2.05) is 18.2 Å². The first kappa shape index (κ1) is 14.1. The summed E-state index contributed by atoms with van der Waals surface area (Å²) in [6, 6.07) is 8.08. The zero-order chi connectivity index (χ0) is 13.5. The lowest BCUT2D eigenvalue weighted by Crippen LogP contribution is -2.33. The summed E-state index contributed by atoms with van der Waals surface area (Å²) in [5, 5.41) is 6.45. The zero-order valence-corrected chi connectivity index (χ0v) is 11.7. The van der Waals surface area contributed by atoms with E-state index in [1.165, 1.54) is 18.4 Å². The minimum absolute atomic E-state index is 0.137. The predicted molar refractivity (Wildman–Crippen MR) is 78.1 cm³/mol. The molecule has 1 aromatic carbocycles. The van der Waals surface area contributed by atoms with Gasteiger partial charge < -0.3 is 10.6 Å². The molecule has 1 aromatic rings. The van der Waals surface area contributed by atoms with Crippen LogP contribution in [0.3, 0.4) is 0 Å². The van der Waals surface area contributed by atoms with Crippen molar-refractivity contribution in [3.05, 3.63) is 35.4 Å². The SMILES string of the molecule is Cc1ccccc1CC(=O)NCCC1CCCNC1. The van der Waals surface area contributed by atoms with Crippen molar-refractivity contribution in [1.29, 1.82) is 0 Å². The van der Waals surface area contributed by atoms with E-state index in [1.54, 1.807) is 0 Å². The summed E-state index contributed by atoms with van der Waals surface area (Å²) < 4.78 is 0. The molecule has 2 N–H and O–H groups in total. The van der Waals surface area contributed by atoms with Crippen LogP contribution in [0, 0.1) is 12.8 Å². The van der Waals surface area contributed by atoms with Crippen LogP contribution < -0.4 is 10.6 Å². The number of piperidine rings is 1. The molecule has 3 heteroatoms. The molecule has 104 valence electrons. The van der Waals surface area contributed by atoms with E-state index in [0.717, 1.165) is 37.5 Å². The Morgan fingerprint density at radius 3 is 3.00 bits per heavy atom. The first-order valence-corrected chi connectivity index (χ1v) is 7.27. The lowest BCUT2D eigenvalue weighted by molar-refractivity contribution is -0.120. The van der Waals surface area contributed by atoms with Crippen LogP contribution in [0.5, 0.6) is 0 Å². The number of rotatable bonds is 5. The molecule has 0 spiro atoms. The average Bonchev–Trinajstić information content (AvgIpc) is 2.43. The summed E-state index contributed by atoms with van der Waals surface area (Å²) in [6.45, 7) is 5.11. The van der Waals surface area contributed by atoms with Crippen molar-refractivity contribution in [2.24, 2.45) is 5.92 Å². The molecule has 1 amide bonds. The highest BCUT2D eigenvalue weighted by Gasteiger charge is 2.13. The summed E-state index contributed by atoms with van der Waals surface area (Å²) >= 11 is 0. The third kappa shape index (κ3) is 4.67. The van der Waals surface area contributed by atoms with Crippen molar-refractivity contribution in [1.82, 2.24) is 10.6 Å². The van der Waals surface area contributed by atoms with Gasteiger partial charge >= 0.3 is 0 Å². The molecule has 1 fully saturated rings. The van der Waals surface area contributed by atoms with E-state index in [9.17, 15) is 4.79 Å². The average molecular weight is 260 g/mol. The summed E-state index contributed by atoms with van der Waals surface area (Å²) in [4.78, 5) is 11.9. The molecule has 1 saturated heterocycles. The Hall–Kier alpha value is -1.35. The molecule has 1 unspecified atom stereocenters. The first-order chi connectivity index (χ1) is 9.25. The number of amides is 1. The van der Waals surface area contributed by atoms with Crippen LogP contribution in [0.25, 0.3) is 0 Å². The third-order valence-corrected chi connectivity index (χ3v) is 3.89. The number of benzene rings is 1. The van der Waals surface area contributed by atoms with Crippen LogP contribution in [-0.4, -0.2) is 25.5 Å². The smallest absolute Gasteiger partial charge is 0.224 e. The van der Waals surface area contributed by atoms with Gasteiger partial charge in [-0.2, -0.15) is 0 Å². The molecule has 1 aliphatic rings. The van der Waals surface area contributed by atoms with Crippen LogP contribution in [0.2, 0.25) is 0 Å². The Kier molecular flexibility index (Phi) is 5.40. The molecular weight excluding hydrogens is 236 g/mol. The highest BCUT2D eigenvalue weighted by Crippen LogP contribution is 2.13. The highest BCUT2D eigenvalue weighted by molar-refractivity contribution is 5.78. The van der Waals surface area contributed by atoms with Gasteiger partial charge in [-0.15, -0.1) is 0 Å². The molecule has 0 aliphatic carbocycles. The molecule has 1 heterocycles. The first-order valence-electron chi connectivity index (χ1n) is 7.27. The zero-order valence-electron chi connectivity index (χ0n) is 11.7. The summed E-state index contributed by atoms with van der Waals surface area (Å²) in [5.41, 5.74) is 2.31. The standard InChI is InChI=1S/C16H24N2O/c1-13-5-2-3-7-15(13)11-16(19)18-10-8-14-6-4-9-17-12-14/h2-3,5,7,14,17H,4,6,8-12H2,1H3,(H,18,19). The molecule has 0 aromatic heterocycles. The van der Waals surface area contributed by atoms with Gasteiger partial charge in [0, 0.05) is 6.54 Å². The Labute approximate surface area is 115 Å². The number of hydrogen-bond acceptors (Lipinski definition) is 2. The molecule has 1 atom stereocenters. The van der Waals surface area contributed by atoms with E-state index < -0.39 is 0 Å². The number of hydrogen-bond donors (Lipinski definition) is 2. The van der Waals surface area contributed by atoms with Crippen molar-refractivity contribution < 1.29 is 4.79 Å². The van der Waals surface area contributed by atoms with E-state index in [-0.39, 0.29) is 5.91 Å². The maximum absolute atomic E-state index is 11.9. The van der Waals surface area contributed by atoms with E-state index in [4.69, 9.17) is 0 Å². The summed E-state index contributed by atoms with van der Waals surface area (Å²) in [6.07, 6.45) is 4.14. The second-order valence-electron chi connectivity index (χ2n) is 5.45. The van der Waals surface area contributed by atoms with Gasteiger partial charge in [-0.05, 0) is 56.3 Å². The third-order valence-electron chi connectivity index (χ3n) is 3.89. The van der Waals surface area contributed by atoms with Crippen molar-refractivity contribution in [2.75, 3.05) is 19.6 Å². The van der Waals surface area contributed by atoms with E-state index >= 15 is 0 Å². The topological polar surface area (TPSA) is 41.1 Å². The van der Waals surface area contributed by atoms with Gasteiger partial charge in [-0.1, -0.05) is 24.3 Å². The molecule has 0 saturated carbocycles. The Balaban J connectivity index is 1.68. The number of carbonyl (C=O) groups excluding carboxylic acids is 1. The van der Waals surface area contributed by atoms with Crippen LogP contribution in [0.4, 0.5) is 0 Å². The van der Waals surface area contributed by atoms with E-state index in [0.29, 0.717) is 6.42 Å². The Morgan fingerprint density at radius 2 is 2.26 bits per heavy atom. The van der Waals surface area contributed by atoms with Crippen LogP contribution in [0.1, 0.15) is 30.4 Å². The van der Waals surface area contributed by atoms with Gasteiger partial charge in [0.05, 0.1) is 6.42 Å². The van der Waals surface area contributed by atoms with Gasteiger partial charge in [0.2, 0.25) is 5.91 Å². The second kappa shape index (κ2) is 7.29. The van der Waals surface area contributed by atoms with Crippen molar-refractivity contribution in [3.8, 4) is 0 Å². The molecule has 1 aliphatic heterocycles. The van der Waals surface area contributed by atoms with Gasteiger partial charge in [0.25, 0.3) is 0 Å². The Morgan fingerprint density at radius 1 is 1.42 bits per heavy atom. The summed E-state index contributed by atoms with van der Waals surface area (Å²) in [7, 11) is 0. The highest BCUT2D eigenvalue weighted by atomic mass is 16.1. The number of aryl methyl sites for hydroxylation is 1. The molecule has 0 radical (unpaired) electrons. The molecular formula is C16H24N2O. The monoisotopic (exact) mass is 260 g/mol. The van der Waals surface area contributed by atoms with E-state index in [2.05, 4.69) is 23.6 Å². The van der Waals surface area contributed by atoms with Crippen LogP contribution in [-0.2, 0) is 11.2 Å². The lowest BCUT2D eigenvalue weighted by atomic mass is 9.96. The van der Waals surface area contributed by atoms with Gasteiger partial charge in [0.1, 0.15) is 0 Å². The quantitative estimate of drug-likeness (QED) is 0.850. The maximum Gasteiger partial charge on any atom is 0.224 e. The molecule has 19 heavy (non-hydrogen) atoms.